The lowest BCUT2D eigenvalue weighted by molar-refractivity contribution is -0.132. The van der Waals surface area contributed by atoms with Crippen molar-refractivity contribution in [3.05, 3.63) is 23.5 Å². The summed E-state index contributed by atoms with van der Waals surface area (Å²) in [6.45, 7) is 0.235. The van der Waals surface area contributed by atoms with E-state index < -0.39 is 12.3 Å². The minimum Gasteiger partial charge on any atom is -0.423 e. The molecule has 2 aliphatic heterocycles. The molecule has 2 rings (SSSR count). The van der Waals surface area contributed by atoms with Crippen molar-refractivity contribution in [2.45, 2.75) is 6.29 Å². The number of fused-ring (bicyclic) bond motifs is 1. The molecule has 0 fully saturated rings. The summed E-state index contributed by atoms with van der Waals surface area (Å²) in [5.74, 6) is 0.0256. The van der Waals surface area contributed by atoms with Crippen molar-refractivity contribution < 1.29 is 19.4 Å². The molecule has 4 nitrogen and oxygen atoms in total. The highest BCUT2D eigenvalue weighted by Gasteiger charge is 2.25. The van der Waals surface area contributed by atoms with Gasteiger partial charge in [-0.05, 0) is 0 Å². The van der Waals surface area contributed by atoms with Gasteiger partial charge in [0.25, 0.3) is 0 Å². The highest BCUT2D eigenvalue weighted by Crippen LogP contribution is 2.24. The van der Waals surface area contributed by atoms with Gasteiger partial charge in [-0.1, -0.05) is 0 Å². The molecule has 0 aliphatic carbocycles. The first-order chi connectivity index (χ1) is 5.25. The fourth-order valence-electron chi connectivity index (χ4n) is 1.02. The molecule has 1 N–H and O–H groups in total. The first-order valence-electron chi connectivity index (χ1n) is 3.20. The monoisotopic (exact) mass is 154 g/mol. The molecule has 58 valence electrons. The van der Waals surface area contributed by atoms with Crippen molar-refractivity contribution in [2.24, 2.45) is 0 Å². The van der Waals surface area contributed by atoms with E-state index in [0.29, 0.717) is 11.3 Å². The first kappa shape index (κ1) is 6.57. The molecule has 11 heavy (non-hydrogen) atoms. The zero-order valence-electron chi connectivity index (χ0n) is 5.61. The van der Waals surface area contributed by atoms with E-state index in [4.69, 9.17) is 14.6 Å². The second kappa shape index (κ2) is 2.18. The van der Waals surface area contributed by atoms with E-state index in [1.165, 1.54) is 12.2 Å². The van der Waals surface area contributed by atoms with Gasteiger partial charge < -0.3 is 14.6 Å². The molecule has 0 aromatic carbocycles. The van der Waals surface area contributed by atoms with Crippen LogP contribution in [-0.4, -0.2) is 24.0 Å². The third-order valence-electron chi connectivity index (χ3n) is 1.52. The molecule has 0 aromatic heterocycles. The van der Waals surface area contributed by atoms with E-state index in [2.05, 4.69) is 0 Å². The van der Waals surface area contributed by atoms with Crippen molar-refractivity contribution in [2.75, 3.05) is 6.61 Å². The number of carbonyl (C=O) groups is 1. The lowest BCUT2D eigenvalue weighted by atomic mass is 10.2. The van der Waals surface area contributed by atoms with E-state index in [0.717, 1.165) is 0 Å². The number of rotatable bonds is 0. The van der Waals surface area contributed by atoms with E-state index >= 15 is 0 Å². The van der Waals surface area contributed by atoms with Gasteiger partial charge in [-0.2, -0.15) is 0 Å². The summed E-state index contributed by atoms with van der Waals surface area (Å²) in [7, 11) is 0. The van der Waals surface area contributed by atoms with Crippen LogP contribution in [0.4, 0.5) is 0 Å². The Balaban J connectivity index is 2.33. The van der Waals surface area contributed by atoms with Gasteiger partial charge in [-0.15, -0.1) is 0 Å². The smallest absolute Gasteiger partial charge is 0.336 e. The number of hydrogen-bond donors (Lipinski definition) is 1. The van der Waals surface area contributed by atoms with Crippen molar-refractivity contribution in [3.63, 3.8) is 0 Å². The van der Waals surface area contributed by atoms with Crippen LogP contribution in [-0.2, 0) is 14.3 Å². The van der Waals surface area contributed by atoms with Crippen LogP contribution in [0.1, 0.15) is 0 Å². The summed E-state index contributed by atoms with van der Waals surface area (Å²) >= 11 is 0. The average molecular weight is 154 g/mol. The number of carbonyl (C=O) groups excluding carboxylic acids is 1. The van der Waals surface area contributed by atoms with Crippen LogP contribution in [0.15, 0.2) is 23.5 Å². The van der Waals surface area contributed by atoms with Gasteiger partial charge in [0, 0.05) is 17.7 Å². The van der Waals surface area contributed by atoms with Gasteiger partial charge in [0.1, 0.15) is 5.76 Å². The van der Waals surface area contributed by atoms with E-state index in [1.807, 2.05) is 0 Å². The Morgan fingerprint density at radius 2 is 2.45 bits per heavy atom. The van der Waals surface area contributed by atoms with Crippen molar-refractivity contribution in [1.82, 2.24) is 0 Å². The van der Waals surface area contributed by atoms with Gasteiger partial charge in [0.05, 0.1) is 6.61 Å². The topological polar surface area (TPSA) is 55.8 Å². The first-order valence-corrected chi connectivity index (χ1v) is 3.20. The lowest BCUT2D eigenvalue weighted by Crippen LogP contribution is -2.17. The molecule has 2 aliphatic rings. The molecule has 0 radical (unpaired) electrons. The standard InChI is InChI=1S/C7H6O4/c8-6-2-5-4(3-10-6)1-7(9)11-5/h1-2,6,8H,3H2/t6-/m0/s1. The quantitative estimate of drug-likeness (QED) is 0.487. The molecular formula is C7H6O4. The highest BCUT2D eigenvalue weighted by atomic mass is 16.6. The number of ether oxygens (including phenoxy) is 2. The number of aliphatic hydroxyl groups excluding tert-OH is 1. The van der Waals surface area contributed by atoms with E-state index in [-0.39, 0.29) is 6.61 Å². The Hall–Kier alpha value is -1.13. The summed E-state index contributed by atoms with van der Waals surface area (Å²) in [6.07, 6.45) is 1.77. The maximum absolute atomic E-state index is 10.6. The molecule has 1 atom stereocenters. The van der Waals surface area contributed by atoms with Gasteiger partial charge in [0.2, 0.25) is 0 Å². The Bertz CT molecular complexity index is 264. The Labute approximate surface area is 62.7 Å². The molecule has 0 aromatic rings. The SMILES string of the molecule is O=C1C=C2CO[C@H](O)C=C2O1. The van der Waals surface area contributed by atoms with Gasteiger partial charge in [-0.25, -0.2) is 4.79 Å². The van der Waals surface area contributed by atoms with Gasteiger partial charge in [0.15, 0.2) is 6.29 Å². The summed E-state index contributed by atoms with van der Waals surface area (Å²) in [4.78, 5) is 10.6. The number of esters is 1. The molecule has 0 amide bonds. The molecule has 0 spiro atoms. The average Bonchev–Trinajstić information content (AvgIpc) is 2.27. The van der Waals surface area contributed by atoms with Crippen molar-refractivity contribution in [1.29, 1.82) is 0 Å². The van der Waals surface area contributed by atoms with E-state index in [1.54, 1.807) is 0 Å². The fraction of sp³-hybridized carbons (Fsp3) is 0.286. The van der Waals surface area contributed by atoms with Crippen LogP contribution in [0, 0.1) is 0 Å². The van der Waals surface area contributed by atoms with Crippen LogP contribution < -0.4 is 0 Å². The maximum Gasteiger partial charge on any atom is 0.336 e. The Kier molecular flexibility index (Phi) is 1.30. The zero-order chi connectivity index (χ0) is 7.84. The van der Waals surface area contributed by atoms with Crippen molar-refractivity contribution >= 4 is 5.97 Å². The molecule has 4 heteroatoms. The minimum absolute atomic E-state index is 0.235. The van der Waals surface area contributed by atoms with Crippen LogP contribution in [0.5, 0.6) is 0 Å². The minimum atomic E-state index is -0.951. The summed E-state index contributed by atoms with van der Waals surface area (Å²) in [5, 5.41) is 8.93. The second-order valence-electron chi connectivity index (χ2n) is 2.32. The Morgan fingerprint density at radius 3 is 3.27 bits per heavy atom. The molecule has 2 heterocycles. The zero-order valence-corrected chi connectivity index (χ0v) is 5.61. The number of hydrogen-bond acceptors (Lipinski definition) is 4. The third kappa shape index (κ3) is 1.06. The van der Waals surface area contributed by atoms with Gasteiger partial charge in [-0.3, -0.25) is 0 Å². The molecule has 0 bridgehead atoms. The molecule has 0 unspecified atom stereocenters. The molecule has 0 saturated heterocycles. The lowest BCUT2D eigenvalue weighted by Gasteiger charge is -2.15. The number of aliphatic hydroxyl groups is 1. The summed E-state index contributed by atoms with van der Waals surface area (Å²) in [6, 6.07) is 0. The summed E-state index contributed by atoms with van der Waals surface area (Å²) < 4.78 is 9.54. The van der Waals surface area contributed by atoms with Crippen LogP contribution in [0.3, 0.4) is 0 Å². The second-order valence-corrected chi connectivity index (χ2v) is 2.32. The molecular weight excluding hydrogens is 148 g/mol. The molecule has 0 saturated carbocycles. The van der Waals surface area contributed by atoms with E-state index in [9.17, 15) is 4.79 Å². The van der Waals surface area contributed by atoms with Crippen molar-refractivity contribution in [3.8, 4) is 0 Å². The van der Waals surface area contributed by atoms with Crippen LogP contribution >= 0.6 is 0 Å². The maximum atomic E-state index is 10.6. The summed E-state index contributed by atoms with van der Waals surface area (Å²) in [5.41, 5.74) is 0.695. The highest BCUT2D eigenvalue weighted by molar-refractivity contribution is 5.88. The predicted octanol–water partition coefficient (Wildman–Crippen LogP) is -0.298. The normalized spacial score (nSPS) is 28.8. The predicted molar refractivity (Wildman–Crippen MR) is 34.2 cm³/mol. The van der Waals surface area contributed by atoms with Crippen LogP contribution in [0.2, 0.25) is 0 Å². The largest absolute Gasteiger partial charge is 0.423 e. The Morgan fingerprint density at radius 1 is 1.64 bits per heavy atom. The van der Waals surface area contributed by atoms with Crippen LogP contribution in [0.25, 0.3) is 0 Å². The van der Waals surface area contributed by atoms with Gasteiger partial charge >= 0.3 is 5.97 Å². The third-order valence-corrected chi connectivity index (χ3v) is 1.52. The fourth-order valence-corrected chi connectivity index (χ4v) is 1.02.